The lowest BCUT2D eigenvalue weighted by molar-refractivity contribution is 0.978. The summed E-state index contributed by atoms with van der Waals surface area (Å²) < 4.78 is 2.00. The van der Waals surface area contributed by atoms with Crippen LogP contribution in [0.3, 0.4) is 0 Å². The molecule has 0 saturated carbocycles. The Labute approximate surface area is 117 Å². The van der Waals surface area contributed by atoms with E-state index >= 15 is 0 Å². The summed E-state index contributed by atoms with van der Waals surface area (Å²) in [5.41, 5.74) is 5.46. The van der Waals surface area contributed by atoms with Crippen LogP contribution in [0.5, 0.6) is 0 Å². The zero-order valence-electron chi connectivity index (χ0n) is 12.1. The smallest absolute Gasteiger partial charge is 0.224 e. The maximum absolute atomic E-state index is 4.50. The molecule has 3 aromatic rings. The second-order valence-corrected chi connectivity index (χ2v) is 4.98. The van der Waals surface area contributed by atoms with Crippen LogP contribution in [0.25, 0.3) is 16.9 Å². The molecule has 0 amide bonds. The molecule has 0 bridgehead atoms. The number of nitrogens with zero attached hydrogens (tertiary/aromatic N) is 4. The molecule has 1 N–H and O–H groups in total. The summed E-state index contributed by atoms with van der Waals surface area (Å²) in [4.78, 5) is 13.3. The SMILES string of the molecule is CNc1nc(C)cc(-n2cnc3cc(C)c(C)cc32)n1. The molecule has 2 heterocycles. The Bertz CT molecular complexity index is 788. The van der Waals surface area contributed by atoms with Crippen molar-refractivity contribution in [2.75, 3.05) is 12.4 Å². The van der Waals surface area contributed by atoms with Crippen molar-refractivity contribution in [3.8, 4) is 5.82 Å². The number of anilines is 1. The lowest BCUT2D eigenvalue weighted by Gasteiger charge is -2.08. The van der Waals surface area contributed by atoms with E-state index in [-0.39, 0.29) is 0 Å². The van der Waals surface area contributed by atoms with Crippen LogP contribution in [-0.2, 0) is 0 Å². The molecular formula is C15H17N5. The van der Waals surface area contributed by atoms with Gasteiger partial charge in [-0.3, -0.25) is 4.57 Å². The molecule has 5 heteroatoms. The molecule has 0 aliphatic rings. The first kappa shape index (κ1) is 12.6. The van der Waals surface area contributed by atoms with Gasteiger partial charge in [0, 0.05) is 18.8 Å². The Balaban J connectivity index is 2.24. The zero-order valence-corrected chi connectivity index (χ0v) is 12.1. The first-order valence-corrected chi connectivity index (χ1v) is 6.56. The Morgan fingerprint density at radius 2 is 1.75 bits per heavy atom. The topological polar surface area (TPSA) is 55.6 Å². The van der Waals surface area contributed by atoms with E-state index in [0.717, 1.165) is 22.5 Å². The predicted octanol–water partition coefficient (Wildman–Crippen LogP) is 2.78. The van der Waals surface area contributed by atoms with E-state index in [1.807, 2.05) is 30.9 Å². The number of hydrogen-bond acceptors (Lipinski definition) is 4. The van der Waals surface area contributed by atoms with Crippen molar-refractivity contribution >= 4 is 17.0 Å². The quantitative estimate of drug-likeness (QED) is 0.775. The fraction of sp³-hybridized carbons (Fsp3) is 0.267. The van der Waals surface area contributed by atoms with Crippen molar-refractivity contribution in [1.29, 1.82) is 0 Å². The van der Waals surface area contributed by atoms with Crippen LogP contribution in [0.2, 0.25) is 0 Å². The third-order valence-corrected chi connectivity index (χ3v) is 3.47. The van der Waals surface area contributed by atoms with Gasteiger partial charge >= 0.3 is 0 Å². The largest absolute Gasteiger partial charge is 0.357 e. The number of fused-ring (bicyclic) bond motifs is 1. The normalized spacial score (nSPS) is 11.0. The van der Waals surface area contributed by atoms with E-state index < -0.39 is 0 Å². The number of aromatic nitrogens is 4. The molecule has 102 valence electrons. The highest BCUT2D eigenvalue weighted by molar-refractivity contribution is 5.79. The van der Waals surface area contributed by atoms with Gasteiger partial charge in [-0.15, -0.1) is 0 Å². The van der Waals surface area contributed by atoms with Gasteiger partial charge < -0.3 is 5.32 Å². The minimum atomic E-state index is 0.616. The standard InChI is InChI=1S/C15H17N5/c1-9-5-12-13(6-10(9)2)20(8-17-12)14-7-11(3)18-15(16-4)19-14/h5-8H,1-4H3,(H,16,18,19). The average Bonchev–Trinajstić information content (AvgIpc) is 2.81. The molecule has 0 unspecified atom stereocenters. The van der Waals surface area contributed by atoms with Crippen molar-refractivity contribution < 1.29 is 0 Å². The highest BCUT2D eigenvalue weighted by Gasteiger charge is 2.09. The van der Waals surface area contributed by atoms with Crippen LogP contribution in [0.4, 0.5) is 5.95 Å². The Morgan fingerprint density at radius 1 is 1.00 bits per heavy atom. The monoisotopic (exact) mass is 267 g/mol. The molecule has 1 aromatic carbocycles. The summed E-state index contributed by atoms with van der Waals surface area (Å²) in [5, 5.41) is 2.98. The van der Waals surface area contributed by atoms with Crippen LogP contribution in [0.1, 0.15) is 16.8 Å². The highest BCUT2D eigenvalue weighted by atomic mass is 15.2. The summed E-state index contributed by atoms with van der Waals surface area (Å²) >= 11 is 0. The summed E-state index contributed by atoms with van der Waals surface area (Å²) in [7, 11) is 1.82. The van der Waals surface area contributed by atoms with Gasteiger partial charge in [0.25, 0.3) is 0 Å². The maximum atomic E-state index is 4.50. The molecule has 2 aromatic heterocycles. The number of hydrogen-bond donors (Lipinski definition) is 1. The molecule has 5 nitrogen and oxygen atoms in total. The third-order valence-electron chi connectivity index (χ3n) is 3.47. The van der Waals surface area contributed by atoms with Gasteiger partial charge in [-0.25, -0.2) is 9.97 Å². The second kappa shape index (κ2) is 4.59. The van der Waals surface area contributed by atoms with Gasteiger partial charge in [0.2, 0.25) is 5.95 Å². The molecule has 0 spiro atoms. The second-order valence-electron chi connectivity index (χ2n) is 4.98. The average molecular weight is 267 g/mol. The lowest BCUT2D eigenvalue weighted by Crippen LogP contribution is -2.03. The van der Waals surface area contributed by atoms with Crippen molar-refractivity contribution in [2.45, 2.75) is 20.8 Å². The van der Waals surface area contributed by atoms with Crippen LogP contribution in [0, 0.1) is 20.8 Å². The first-order valence-electron chi connectivity index (χ1n) is 6.56. The number of rotatable bonds is 2. The third kappa shape index (κ3) is 2.01. The molecule has 0 saturated heterocycles. The Hall–Kier alpha value is -2.43. The van der Waals surface area contributed by atoms with Gasteiger partial charge in [0.1, 0.15) is 12.1 Å². The molecule has 0 fully saturated rings. The van der Waals surface area contributed by atoms with E-state index in [0.29, 0.717) is 5.95 Å². The van der Waals surface area contributed by atoms with E-state index in [2.05, 4.69) is 46.2 Å². The summed E-state index contributed by atoms with van der Waals surface area (Å²) in [6.07, 6.45) is 1.81. The minimum Gasteiger partial charge on any atom is -0.357 e. The Kier molecular flexibility index (Phi) is 2.89. The van der Waals surface area contributed by atoms with Gasteiger partial charge in [-0.05, 0) is 44.0 Å². The molecule has 0 aliphatic heterocycles. The van der Waals surface area contributed by atoms with Gasteiger partial charge in [0.15, 0.2) is 0 Å². The fourth-order valence-electron chi connectivity index (χ4n) is 2.23. The van der Waals surface area contributed by atoms with Crippen molar-refractivity contribution in [3.63, 3.8) is 0 Å². The number of benzene rings is 1. The lowest BCUT2D eigenvalue weighted by atomic mass is 10.1. The highest BCUT2D eigenvalue weighted by Crippen LogP contribution is 2.21. The Morgan fingerprint density at radius 3 is 2.50 bits per heavy atom. The van der Waals surface area contributed by atoms with E-state index in [1.54, 1.807) is 0 Å². The van der Waals surface area contributed by atoms with Crippen molar-refractivity contribution in [2.24, 2.45) is 0 Å². The number of nitrogens with one attached hydrogen (secondary N) is 1. The molecular weight excluding hydrogens is 250 g/mol. The van der Waals surface area contributed by atoms with Gasteiger partial charge in [-0.2, -0.15) is 4.98 Å². The van der Waals surface area contributed by atoms with Crippen molar-refractivity contribution in [3.05, 3.63) is 41.3 Å². The van der Waals surface area contributed by atoms with Gasteiger partial charge in [-0.1, -0.05) is 0 Å². The van der Waals surface area contributed by atoms with E-state index in [4.69, 9.17) is 0 Å². The molecule has 0 radical (unpaired) electrons. The zero-order chi connectivity index (χ0) is 14.3. The molecule has 20 heavy (non-hydrogen) atoms. The first-order chi connectivity index (χ1) is 9.58. The van der Waals surface area contributed by atoms with E-state index in [1.165, 1.54) is 11.1 Å². The van der Waals surface area contributed by atoms with Crippen LogP contribution in [-0.4, -0.2) is 26.6 Å². The van der Waals surface area contributed by atoms with Crippen LogP contribution >= 0.6 is 0 Å². The predicted molar refractivity (Wildman–Crippen MR) is 80.4 cm³/mol. The summed E-state index contributed by atoms with van der Waals surface area (Å²) in [5.74, 6) is 1.44. The number of aryl methyl sites for hydroxylation is 3. The molecule has 0 atom stereocenters. The van der Waals surface area contributed by atoms with E-state index in [9.17, 15) is 0 Å². The fourth-order valence-corrected chi connectivity index (χ4v) is 2.23. The summed E-state index contributed by atoms with van der Waals surface area (Å²) in [6, 6.07) is 6.21. The van der Waals surface area contributed by atoms with Crippen molar-refractivity contribution in [1.82, 2.24) is 19.5 Å². The molecule has 3 rings (SSSR count). The number of imidazole rings is 1. The minimum absolute atomic E-state index is 0.616. The van der Waals surface area contributed by atoms with Gasteiger partial charge in [0.05, 0.1) is 11.0 Å². The van der Waals surface area contributed by atoms with Crippen LogP contribution in [0.15, 0.2) is 24.5 Å². The summed E-state index contributed by atoms with van der Waals surface area (Å²) in [6.45, 7) is 6.17. The van der Waals surface area contributed by atoms with Crippen LogP contribution < -0.4 is 5.32 Å². The maximum Gasteiger partial charge on any atom is 0.224 e. The molecule has 0 aliphatic carbocycles.